The molecule has 136 valence electrons. The van der Waals surface area contributed by atoms with Gasteiger partial charge in [0, 0.05) is 7.05 Å². The van der Waals surface area contributed by atoms with Crippen LogP contribution in [0.2, 0.25) is 0 Å². The quantitative estimate of drug-likeness (QED) is 0.781. The van der Waals surface area contributed by atoms with E-state index in [1.165, 1.54) is 28.8 Å². The summed E-state index contributed by atoms with van der Waals surface area (Å²) in [5, 5.41) is 10.5. The zero-order valence-electron chi connectivity index (χ0n) is 14.4. The smallest absolute Gasteiger partial charge is 0.325 e. The van der Waals surface area contributed by atoms with Crippen molar-refractivity contribution >= 4 is 34.3 Å². The van der Waals surface area contributed by atoms with E-state index in [1.807, 2.05) is 0 Å². The molecule has 10 heteroatoms. The average Bonchev–Trinajstić information content (AvgIpc) is 3.25. The molecule has 0 spiro atoms. The number of carbonyl (C=O) groups is 3. The number of imide groups is 1. The SMILES string of the molecule is COc1ccc(C2(C)NC(=O)N(CC(=O)N(C)c3nncs3)C2=O)cc1. The molecule has 1 unspecified atom stereocenters. The van der Waals surface area contributed by atoms with Crippen LogP contribution in [-0.4, -0.2) is 53.6 Å². The van der Waals surface area contributed by atoms with E-state index in [0.717, 1.165) is 4.90 Å². The van der Waals surface area contributed by atoms with Crippen LogP contribution in [0, 0.1) is 0 Å². The monoisotopic (exact) mass is 375 g/mol. The number of hydrogen-bond acceptors (Lipinski definition) is 7. The van der Waals surface area contributed by atoms with E-state index in [0.29, 0.717) is 16.4 Å². The second-order valence-corrected chi connectivity index (χ2v) is 6.66. The van der Waals surface area contributed by atoms with Crippen molar-refractivity contribution in [2.45, 2.75) is 12.5 Å². The summed E-state index contributed by atoms with van der Waals surface area (Å²) in [5.74, 6) is -0.296. The van der Waals surface area contributed by atoms with Crippen molar-refractivity contribution in [1.82, 2.24) is 20.4 Å². The van der Waals surface area contributed by atoms with Crippen molar-refractivity contribution in [1.29, 1.82) is 0 Å². The van der Waals surface area contributed by atoms with Crippen molar-refractivity contribution in [2.75, 3.05) is 25.6 Å². The van der Waals surface area contributed by atoms with Crippen LogP contribution < -0.4 is 15.0 Å². The predicted octanol–water partition coefficient (Wildman–Crippen LogP) is 0.977. The molecule has 9 nitrogen and oxygen atoms in total. The molecule has 1 atom stereocenters. The van der Waals surface area contributed by atoms with Crippen molar-refractivity contribution in [3.05, 3.63) is 35.3 Å². The predicted molar refractivity (Wildman–Crippen MR) is 93.9 cm³/mol. The van der Waals surface area contributed by atoms with Gasteiger partial charge in [0.1, 0.15) is 23.3 Å². The van der Waals surface area contributed by atoms with Crippen molar-refractivity contribution in [3.8, 4) is 5.75 Å². The number of methoxy groups -OCH3 is 1. The van der Waals surface area contributed by atoms with Gasteiger partial charge in [0.25, 0.3) is 5.91 Å². The topological polar surface area (TPSA) is 105 Å². The third-order valence-electron chi connectivity index (χ3n) is 4.25. The number of anilines is 1. The van der Waals surface area contributed by atoms with E-state index >= 15 is 0 Å². The number of urea groups is 1. The van der Waals surface area contributed by atoms with Gasteiger partial charge >= 0.3 is 6.03 Å². The van der Waals surface area contributed by atoms with Crippen LogP contribution >= 0.6 is 11.3 Å². The van der Waals surface area contributed by atoms with Gasteiger partial charge in [0.15, 0.2) is 0 Å². The minimum Gasteiger partial charge on any atom is -0.497 e. The second-order valence-electron chi connectivity index (χ2n) is 5.85. The van der Waals surface area contributed by atoms with Gasteiger partial charge in [-0.15, -0.1) is 10.2 Å². The highest BCUT2D eigenvalue weighted by atomic mass is 32.1. The maximum Gasteiger partial charge on any atom is 0.325 e. The van der Waals surface area contributed by atoms with E-state index in [1.54, 1.807) is 38.3 Å². The van der Waals surface area contributed by atoms with Gasteiger partial charge in [0.05, 0.1) is 7.11 Å². The van der Waals surface area contributed by atoms with Gasteiger partial charge in [-0.05, 0) is 24.6 Å². The van der Waals surface area contributed by atoms with E-state index in [9.17, 15) is 14.4 Å². The zero-order valence-corrected chi connectivity index (χ0v) is 15.2. The number of aromatic nitrogens is 2. The minimum absolute atomic E-state index is 0.382. The normalized spacial score (nSPS) is 19.4. The molecule has 2 aromatic rings. The standard InChI is InChI=1S/C16H17N5O4S/c1-16(10-4-6-11(25-3)7-5-10)13(23)21(14(24)18-16)8-12(22)20(2)15-19-17-9-26-15/h4-7,9H,8H2,1-3H3,(H,18,24). The summed E-state index contributed by atoms with van der Waals surface area (Å²) in [6.45, 7) is 1.22. The molecule has 0 bridgehead atoms. The Balaban J connectivity index is 1.78. The first-order valence-corrected chi connectivity index (χ1v) is 8.56. The largest absolute Gasteiger partial charge is 0.497 e. The van der Waals surface area contributed by atoms with E-state index in [2.05, 4.69) is 15.5 Å². The zero-order chi connectivity index (χ0) is 18.9. The molecule has 26 heavy (non-hydrogen) atoms. The summed E-state index contributed by atoms with van der Waals surface area (Å²) >= 11 is 1.19. The summed E-state index contributed by atoms with van der Waals surface area (Å²) in [7, 11) is 3.06. The summed E-state index contributed by atoms with van der Waals surface area (Å²) in [4.78, 5) is 39.7. The van der Waals surface area contributed by atoms with Crippen LogP contribution in [0.25, 0.3) is 0 Å². The molecule has 1 fully saturated rings. The molecule has 1 aliphatic heterocycles. The first-order chi connectivity index (χ1) is 12.4. The third kappa shape index (κ3) is 2.99. The number of likely N-dealkylation sites (N-methyl/N-ethyl adjacent to an activating group) is 1. The van der Waals surface area contributed by atoms with Crippen molar-refractivity contribution in [2.24, 2.45) is 0 Å². The molecule has 1 N–H and O–H groups in total. The summed E-state index contributed by atoms with van der Waals surface area (Å²) < 4.78 is 5.11. The lowest BCUT2D eigenvalue weighted by atomic mass is 9.92. The molecule has 0 radical (unpaired) electrons. The molecule has 0 saturated carbocycles. The molecular formula is C16H17N5O4S. The third-order valence-corrected chi connectivity index (χ3v) is 5.01. The molecule has 2 heterocycles. The lowest BCUT2D eigenvalue weighted by molar-refractivity contribution is -0.134. The number of benzene rings is 1. The summed E-state index contributed by atoms with van der Waals surface area (Å²) in [6.07, 6.45) is 0. The molecule has 4 amide bonds. The van der Waals surface area contributed by atoms with Crippen LogP contribution in [-0.2, 0) is 15.1 Å². The summed E-state index contributed by atoms with van der Waals surface area (Å²) in [6, 6.07) is 6.20. The van der Waals surface area contributed by atoms with E-state index in [4.69, 9.17) is 4.74 Å². The lowest BCUT2D eigenvalue weighted by Crippen LogP contribution is -2.43. The number of ether oxygens (including phenoxy) is 1. The van der Waals surface area contributed by atoms with Gasteiger partial charge in [-0.2, -0.15) is 0 Å². The van der Waals surface area contributed by atoms with Gasteiger partial charge < -0.3 is 10.1 Å². The van der Waals surface area contributed by atoms with E-state index in [-0.39, 0.29) is 6.54 Å². The number of nitrogens with one attached hydrogen (secondary N) is 1. The maximum atomic E-state index is 12.9. The molecule has 1 aliphatic rings. The number of hydrogen-bond donors (Lipinski definition) is 1. The van der Waals surface area contributed by atoms with Gasteiger partial charge in [0.2, 0.25) is 11.0 Å². The van der Waals surface area contributed by atoms with Gasteiger partial charge in [-0.25, -0.2) is 4.79 Å². The highest BCUT2D eigenvalue weighted by Gasteiger charge is 2.49. The van der Waals surface area contributed by atoms with Crippen LogP contribution in [0.3, 0.4) is 0 Å². The maximum absolute atomic E-state index is 12.9. The Morgan fingerprint density at radius 1 is 1.35 bits per heavy atom. The highest BCUT2D eigenvalue weighted by molar-refractivity contribution is 7.13. The van der Waals surface area contributed by atoms with Crippen LogP contribution in [0.1, 0.15) is 12.5 Å². The fourth-order valence-corrected chi connectivity index (χ4v) is 3.16. The van der Waals surface area contributed by atoms with Crippen LogP contribution in [0.15, 0.2) is 29.8 Å². The fourth-order valence-electron chi connectivity index (χ4n) is 2.62. The number of amides is 4. The van der Waals surface area contributed by atoms with Crippen LogP contribution in [0.5, 0.6) is 5.75 Å². The number of nitrogens with zero attached hydrogens (tertiary/aromatic N) is 4. The number of rotatable bonds is 5. The Morgan fingerprint density at radius 3 is 2.62 bits per heavy atom. The molecular weight excluding hydrogens is 358 g/mol. The Labute approximate surface area is 153 Å². The average molecular weight is 375 g/mol. The summed E-state index contributed by atoms with van der Waals surface area (Å²) in [5.41, 5.74) is 0.850. The first-order valence-electron chi connectivity index (χ1n) is 7.68. The molecule has 1 aromatic heterocycles. The van der Waals surface area contributed by atoms with E-state index < -0.39 is 23.4 Å². The second kappa shape index (κ2) is 6.71. The van der Waals surface area contributed by atoms with Crippen molar-refractivity contribution < 1.29 is 19.1 Å². The Bertz CT molecular complexity index is 839. The Kier molecular flexibility index (Phi) is 4.60. The Hall–Kier alpha value is -3.01. The highest BCUT2D eigenvalue weighted by Crippen LogP contribution is 2.30. The molecule has 1 saturated heterocycles. The molecule has 1 aromatic carbocycles. The number of carbonyl (C=O) groups excluding carboxylic acids is 3. The molecule has 3 rings (SSSR count). The first kappa shape index (κ1) is 17.8. The lowest BCUT2D eigenvalue weighted by Gasteiger charge is -2.23. The van der Waals surface area contributed by atoms with Crippen LogP contribution in [0.4, 0.5) is 9.93 Å². The molecule has 0 aliphatic carbocycles. The fraction of sp³-hybridized carbons (Fsp3) is 0.312. The van der Waals surface area contributed by atoms with Crippen molar-refractivity contribution in [3.63, 3.8) is 0 Å². The van der Waals surface area contributed by atoms with Gasteiger partial charge in [-0.3, -0.25) is 19.4 Å². The Morgan fingerprint density at radius 2 is 2.04 bits per heavy atom. The van der Waals surface area contributed by atoms with Gasteiger partial charge in [-0.1, -0.05) is 23.5 Å². The minimum atomic E-state index is -1.25.